The summed E-state index contributed by atoms with van der Waals surface area (Å²) >= 11 is 7.31. The Morgan fingerprint density at radius 1 is 1.25 bits per heavy atom. The quantitative estimate of drug-likeness (QED) is 0.367. The van der Waals surface area contributed by atoms with Gasteiger partial charge >= 0.3 is 0 Å². The number of aromatic nitrogens is 2. The fraction of sp³-hybridized carbons (Fsp3) is 0.174. The summed E-state index contributed by atoms with van der Waals surface area (Å²) in [6.07, 6.45) is 1.40. The molecule has 0 atom stereocenters. The van der Waals surface area contributed by atoms with E-state index in [1.807, 2.05) is 25.1 Å². The minimum Gasteiger partial charge on any atom is -0.496 e. The molecule has 2 aromatic carbocycles. The number of hydrogen-bond donors (Lipinski definition) is 1. The third-order valence-electron chi connectivity index (χ3n) is 4.73. The third kappa shape index (κ3) is 4.11. The monoisotopic (exact) mass is 471 g/mol. The van der Waals surface area contributed by atoms with Crippen LogP contribution < -0.4 is 14.8 Å². The van der Waals surface area contributed by atoms with Gasteiger partial charge in [0.05, 0.1) is 40.1 Å². The van der Waals surface area contributed by atoms with Crippen LogP contribution in [0.1, 0.15) is 23.0 Å². The second kappa shape index (κ2) is 9.10. The summed E-state index contributed by atoms with van der Waals surface area (Å²) in [6, 6.07) is 10.1. The van der Waals surface area contributed by atoms with Crippen LogP contribution >= 0.6 is 22.9 Å². The molecular weight excluding hydrogens is 453 g/mol. The van der Waals surface area contributed by atoms with Crippen LogP contribution in [0.2, 0.25) is 5.02 Å². The number of carbonyl (C=O) groups excluding carboxylic acids is 1. The van der Waals surface area contributed by atoms with Crippen LogP contribution in [0.15, 0.2) is 42.6 Å². The molecule has 0 unspecified atom stereocenters. The third-order valence-corrected chi connectivity index (χ3v) is 6.02. The van der Waals surface area contributed by atoms with Crippen LogP contribution in [0.4, 0.5) is 9.52 Å². The van der Waals surface area contributed by atoms with Crippen molar-refractivity contribution < 1.29 is 18.7 Å². The topological polar surface area (TPSA) is 73.3 Å². The molecular formula is C23H19ClFN3O3S. The van der Waals surface area contributed by atoms with Crippen LogP contribution in [0.5, 0.6) is 11.5 Å². The van der Waals surface area contributed by atoms with E-state index >= 15 is 4.39 Å². The number of amides is 1. The predicted molar refractivity (Wildman–Crippen MR) is 125 cm³/mol. The van der Waals surface area contributed by atoms with Crippen molar-refractivity contribution in [2.24, 2.45) is 0 Å². The van der Waals surface area contributed by atoms with Crippen molar-refractivity contribution in [3.63, 3.8) is 0 Å². The summed E-state index contributed by atoms with van der Waals surface area (Å²) in [5.41, 5.74) is 1.90. The molecule has 0 aliphatic rings. The summed E-state index contributed by atoms with van der Waals surface area (Å²) in [7, 11) is 1.43. The molecule has 0 fully saturated rings. The first kappa shape index (κ1) is 22.0. The van der Waals surface area contributed by atoms with E-state index in [2.05, 4.69) is 15.3 Å². The Morgan fingerprint density at radius 2 is 2.06 bits per heavy atom. The van der Waals surface area contributed by atoms with E-state index in [-0.39, 0.29) is 21.9 Å². The molecule has 0 bridgehead atoms. The van der Waals surface area contributed by atoms with E-state index in [0.29, 0.717) is 34.3 Å². The van der Waals surface area contributed by atoms with Crippen molar-refractivity contribution in [2.45, 2.75) is 13.8 Å². The first-order chi connectivity index (χ1) is 15.4. The molecule has 2 aromatic heterocycles. The average molecular weight is 472 g/mol. The Labute approximate surface area is 193 Å². The number of rotatable bonds is 6. The number of nitrogens with zero attached hydrogens (tertiary/aromatic N) is 2. The number of aryl methyl sites for hydroxylation is 1. The number of hydrogen-bond acceptors (Lipinski definition) is 6. The van der Waals surface area contributed by atoms with Gasteiger partial charge in [-0.1, -0.05) is 29.0 Å². The molecule has 0 saturated heterocycles. The molecule has 6 nitrogen and oxygen atoms in total. The van der Waals surface area contributed by atoms with Gasteiger partial charge in [-0.2, -0.15) is 0 Å². The van der Waals surface area contributed by atoms with Crippen molar-refractivity contribution >= 4 is 44.2 Å². The number of anilines is 1. The summed E-state index contributed by atoms with van der Waals surface area (Å²) in [5.74, 6) is -0.197. The number of thiazole rings is 1. The Hall–Kier alpha value is -3.23. The highest BCUT2D eigenvalue weighted by molar-refractivity contribution is 7.22. The van der Waals surface area contributed by atoms with Crippen LogP contribution in [-0.4, -0.2) is 29.6 Å². The van der Waals surface area contributed by atoms with Gasteiger partial charge in [0.2, 0.25) is 0 Å². The highest BCUT2D eigenvalue weighted by Crippen LogP contribution is 2.39. The highest BCUT2D eigenvalue weighted by Gasteiger charge is 2.23. The second-order valence-electron chi connectivity index (χ2n) is 6.82. The summed E-state index contributed by atoms with van der Waals surface area (Å²) in [6.45, 7) is 4.17. The number of fused-ring (bicyclic) bond motifs is 1. The molecule has 0 spiro atoms. The van der Waals surface area contributed by atoms with Crippen molar-refractivity contribution in [1.29, 1.82) is 0 Å². The fourth-order valence-corrected chi connectivity index (χ4v) is 4.40. The first-order valence-corrected chi connectivity index (χ1v) is 10.9. The van der Waals surface area contributed by atoms with Gasteiger partial charge in [0.25, 0.3) is 5.91 Å². The van der Waals surface area contributed by atoms with E-state index in [1.54, 1.807) is 19.1 Å². The van der Waals surface area contributed by atoms with E-state index < -0.39 is 11.7 Å². The number of pyridine rings is 1. The number of benzene rings is 2. The Morgan fingerprint density at radius 3 is 2.81 bits per heavy atom. The van der Waals surface area contributed by atoms with E-state index in [1.165, 1.54) is 30.7 Å². The van der Waals surface area contributed by atoms with Gasteiger partial charge in [-0.15, -0.1) is 0 Å². The molecule has 4 aromatic rings. The predicted octanol–water partition coefficient (Wildman–Crippen LogP) is 6.12. The van der Waals surface area contributed by atoms with Crippen molar-refractivity contribution in [2.75, 3.05) is 19.0 Å². The van der Waals surface area contributed by atoms with Crippen LogP contribution in [0.3, 0.4) is 0 Å². The molecule has 4 rings (SSSR count). The fourth-order valence-electron chi connectivity index (χ4n) is 3.31. The molecule has 2 heterocycles. The molecule has 0 radical (unpaired) electrons. The zero-order valence-corrected chi connectivity index (χ0v) is 19.1. The van der Waals surface area contributed by atoms with Crippen LogP contribution in [0.25, 0.3) is 21.3 Å². The molecule has 1 N–H and O–H groups in total. The maximum Gasteiger partial charge on any atom is 0.259 e. The molecule has 1 amide bonds. The Balaban J connectivity index is 1.76. The number of halogens is 2. The van der Waals surface area contributed by atoms with Gasteiger partial charge in [0.15, 0.2) is 10.9 Å². The smallest absolute Gasteiger partial charge is 0.259 e. The maximum absolute atomic E-state index is 15.0. The van der Waals surface area contributed by atoms with Crippen LogP contribution in [-0.2, 0) is 0 Å². The highest BCUT2D eigenvalue weighted by atomic mass is 35.5. The summed E-state index contributed by atoms with van der Waals surface area (Å²) in [4.78, 5) is 21.9. The lowest BCUT2D eigenvalue weighted by Crippen LogP contribution is -2.14. The lowest BCUT2D eigenvalue weighted by molar-refractivity contribution is 0.102. The van der Waals surface area contributed by atoms with Crippen molar-refractivity contribution in [1.82, 2.24) is 9.97 Å². The van der Waals surface area contributed by atoms with Gasteiger partial charge in [-0.3, -0.25) is 15.1 Å². The summed E-state index contributed by atoms with van der Waals surface area (Å²) < 4.78 is 26.8. The second-order valence-corrected chi connectivity index (χ2v) is 8.23. The average Bonchev–Trinajstić information content (AvgIpc) is 3.19. The minimum absolute atomic E-state index is 0.0729. The number of methoxy groups -OCH3 is 1. The Kier molecular flexibility index (Phi) is 6.25. The molecule has 164 valence electrons. The largest absolute Gasteiger partial charge is 0.496 e. The van der Waals surface area contributed by atoms with E-state index in [0.717, 1.165) is 4.70 Å². The van der Waals surface area contributed by atoms with Crippen LogP contribution in [0, 0.1) is 12.7 Å². The van der Waals surface area contributed by atoms with E-state index in [9.17, 15) is 4.79 Å². The molecule has 0 aliphatic carbocycles. The molecule has 0 aliphatic heterocycles. The number of carbonyl (C=O) groups is 1. The number of nitrogens with one attached hydrogen (secondary N) is 1. The molecule has 32 heavy (non-hydrogen) atoms. The van der Waals surface area contributed by atoms with E-state index in [4.69, 9.17) is 21.1 Å². The van der Waals surface area contributed by atoms with Gasteiger partial charge in [0.1, 0.15) is 11.5 Å². The van der Waals surface area contributed by atoms with Crippen molar-refractivity contribution in [3.05, 3.63) is 64.7 Å². The SMILES string of the molecule is CCOc1cccc2nc(NC(=O)c3cnc(C)cc3-c3c(OC)ccc(Cl)c3F)sc12. The number of ether oxygens (including phenoxy) is 2. The van der Waals surface area contributed by atoms with Gasteiger partial charge < -0.3 is 9.47 Å². The Bertz CT molecular complexity index is 1330. The van der Waals surface area contributed by atoms with Crippen molar-refractivity contribution in [3.8, 4) is 22.6 Å². The van der Waals surface area contributed by atoms with Gasteiger partial charge in [-0.05, 0) is 44.2 Å². The minimum atomic E-state index is -0.674. The van der Waals surface area contributed by atoms with Gasteiger partial charge in [-0.25, -0.2) is 9.37 Å². The normalized spacial score (nSPS) is 10.9. The lowest BCUT2D eigenvalue weighted by atomic mass is 9.98. The zero-order valence-electron chi connectivity index (χ0n) is 17.5. The molecule has 9 heteroatoms. The summed E-state index contributed by atoms with van der Waals surface area (Å²) in [5, 5.41) is 3.11. The van der Waals surface area contributed by atoms with Gasteiger partial charge in [0, 0.05) is 17.5 Å². The first-order valence-electron chi connectivity index (χ1n) is 9.75. The standard InChI is InChI=1S/C23H19ClFN3O3S/c1-4-31-18-7-5-6-16-21(18)32-23(27-16)28-22(29)14-11-26-12(2)10-13(14)19-17(30-3)9-8-15(24)20(19)25/h5-11H,4H2,1-3H3,(H,27,28,29). The zero-order chi connectivity index (χ0) is 22.8. The lowest BCUT2D eigenvalue weighted by Gasteiger charge is -2.14. The maximum atomic E-state index is 15.0. The molecule has 0 saturated carbocycles.